The number of carboxylic acid groups (broad SMARTS) is 1. The molecule has 1 aromatic heterocycles. The largest absolute Gasteiger partial charge is 0.481 e. The van der Waals surface area contributed by atoms with Gasteiger partial charge < -0.3 is 5.11 Å². The molecule has 0 amide bonds. The second kappa shape index (κ2) is 5.59. The first-order valence-electron chi connectivity index (χ1n) is 6.19. The van der Waals surface area contributed by atoms with E-state index in [-0.39, 0.29) is 6.54 Å². The fourth-order valence-electron chi connectivity index (χ4n) is 1.84. The molecular weight excluding hydrogens is 285 g/mol. The minimum Gasteiger partial charge on any atom is -0.481 e. The molecule has 0 aliphatic carbocycles. The van der Waals surface area contributed by atoms with Crippen LogP contribution in [0.3, 0.4) is 0 Å². The number of carbonyl (C=O) groups is 1. The number of nitrogens with zero attached hydrogens (tertiary/aromatic N) is 2. The number of rotatable bonds is 4. The van der Waals surface area contributed by atoms with Gasteiger partial charge in [-0.1, -0.05) is 24.3 Å². The Labute approximate surface area is 118 Å². The van der Waals surface area contributed by atoms with E-state index in [1.54, 1.807) is 31.2 Å². The molecule has 0 radical (unpaired) electrons. The van der Waals surface area contributed by atoms with Crippen molar-refractivity contribution in [2.24, 2.45) is 0 Å². The second-order valence-electron chi connectivity index (χ2n) is 4.70. The van der Waals surface area contributed by atoms with Gasteiger partial charge in [-0.15, -0.1) is 0 Å². The monoisotopic (exact) mass is 298 g/mol. The van der Waals surface area contributed by atoms with Crippen LogP contribution in [0.1, 0.15) is 29.7 Å². The van der Waals surface area contributed by atoms with Gasteiger partial charge in [0.1, 0.15) is 0 Å². The normalized spacial score (nSPS) is 13.1. The Morgan fingerprint density at radius 2 is 1.90 bits per heavy atom. The molecule has 0 saturated heterocycles. The third-order valence-electron chi connectivity index (χ3n) is 3.13. The third kappa shape index (κ3) is 3.62. The lowest BCUT2D eigenvalue weighted by molar-refractivity contribution is -0.141. The molecule has 1 atom stereocenters. The zero-order valence-electron chi connectivity index (χ0n) is 11.1. The van der Waals surface area contributed by atoms with Crippen LogP contribution < -0.4 is 0 Å². The molecule has 21 heavy (non-hydrogen) atoms. The predicted molar refractivity (Wildman–Crippen MR) is 68.8 cm³/mol. The molecule has 1 aromatic carbocycles. The Kier molecular flexibility index (Phi) is 4.02. The molecule has 7 heteroatoms. The molecule has 0 aliphatic rings. The van der Waals surface area contributed by atoms with Crippen LogP contribution >= 0.6 is 0 Å². The third-order valence-corrected chi connectivity index (χ3v) is 3.13. The van der Waals surface area contributed by atoms with Gasteiger partial charge in [0.05, 0.1) is 12.5 Å². The first-order chi connectivity index (χ1) is 9.77. The van der Waals surface area contributed by atoms with Gasteiger partial charge >= 0.3 is 12.1 Å². The highest BCUT2D eigenvalue weighted by molar-refractivity contribution is 5.75. The lowest BCUT2D eigenvalue weighted by Crippen LogP contribution is -2.09. The number of hydrogen-bond acceptors (Lipinski definition) is 2. The molecule has 4 nitrogen and oxygen atoms in total. The van der Waals surface area contributed by atoms with Crippen LogP contribution in [0.4, 0.5) is 13.2 Å². The van der Waals surface area contributed by atoms with E-state index in [1.165, 1.54) is 10.9 Å². The first-order valence-corrected chi connectivity index (χ1v) is 6.19. The van der Waals surface area contributed by atoms with Crippen LogP contribution in [0, 0.1) is 0 Å². The van der Waals surface area contributed by atoms with Crippen LogP contribution in [-0.2, 0) is 17.5 Å². The average Bonchev–Trinajstić information content (AvgIpc) is 2.87. The molecule has 0 saturated carbocycles. The Morgan fingerprint density at radius 3 is 2.38 bits per heavy atom. The molecule has 0 bridgehead atoms. The average molecular weight is 298 g/mol. The number of carboxylic acids is 1. The van der Waals surface area contributed by atoms with Crippen molar-refractivity contribution in [3.05, 3.63) is 53.3 Å². The lowest BCUT2D eigenvalue weighted by atomic mass is 10.0. The van der Waals surface area contributed by atoms with E-state index in [0.29, 0.717) is 5.56 Å². The summed E-state index contributed by atoms with van der Waals surface area (Å²) in [4.78, 5) is 10.9. The Hall–Kier alpha value is -2.31. The first kappa shape index (κ1) is 15.1. The van der Waals surface area contributed by atoms with E-state index in [1.807, 2.05) is 0 Å². The van der Waals surface area contributed by atoms with Gasteiger partial charge in [0.15, 0.2) is 5.69 Å². The summed E-state index contributed by atoms with van der Waals surface area (Å²) in [6, 6.07) is 7.60. The highest BCUT2D eigenvalue weighted by atomic mass is 19.4. The van der Waals surface area contributed by atoms with Crippen molar-refractivity contribution in [1.29, 1.82) is 0 Å². The van der Waals surface area contributed by atoms with Crippen molar-refractivity contribution < 1.29 is 23.1 Å². The molecule has 1 N–H and O–H groups in total. The Bertz CT molecular complexity index is 632. The number of aliphatic carboxylic acids is 1. The molecule has 2 rings (SSSR count). The van der Waals surface area contributed by atoms with E-state index >= 15 is 0 Å². The minimum atomic E-state index is -4.45. The van der Waals surface area contributed by atoms with Crippen molar-refractivity contribution in [3.8, 4) is 0 Å². The lowest BCUT2D eigenvalue weighted by Gasteiger charge is -2.08. The topological polar surface area (TPSA) is 55.1 Å². The van der Waals surface area contributed by atoms with E-state index in [2.05, 4.69) is 5.10 Å². The highest BCUT2D eigenvalue weighted by Gasteiger charge is 2.33. The summed E-state index contributed by atoms with van der Waals surface area (Å²) in [6.45, 7) is 1.76. The summed E-state index contributed by atoms with van der Waals surface area (Å²) < 4.78 is 38.5. The van der Waals surface area contributed by atoms with E-state index in [9.17, 15) is 18.0 Å². The van der Waals surface area contributed by atoms with Gasteiger partial charge in [0.25, 0.3) is 0 Å². The van der Waals surface area contributed by atoms with Crippen LogP contribution in [0.25, 0.3) is 0 Å². The van der Waals surface area contributed by atoms with Crippen molar-refractivity contribution in [1.82, 2.24) is 9.78 Å². The fourth-order valence-corrected chi connectivity index (χ4v) is 1.84. The van der Waals surface area contributed by atoms with Crippen LogP contribution in [0.15, 0.2) is 36.5 Å². The van der Waals surface area contributed by atoms with E-state index in [4.69, 9.17) is 5.11 Å². The van der Waals surface area contributed by atoms with Gasteiger partial charge in [0, 0.05) is 6.20 Å². The number of alkyl halides is 3. The molecule has 112 valence electrons. The fraction of sp³-hybridized carbons (Fsp3) is 0.286. The summed E-state index contributed by atoms with van der Waals surface area (Å²) in [6.07, 6.45) is -3.19. The molecule has 0 spiro atoms. The maximum Gasteiger partial charge on any atom is 0.435 e. The molecule has 0 aliphatic heterocycles. The maximum atomic E-state index is 12.4. The van der Waals surface area contributed by atoms with Crippen LogP contribution in [0.2, 0.25) is 0 Å². The van der Waals surface area contributed by atoms with Crippen molar-refractivity contribution in [2.45, 2.75) is 25.6 Å². The summed E-state index contributed by atoms with van der Waals surface area (Å²) in [7, 11) is 0. The summed E-state index contributed by atoms with van der Waals surface area (Å²) in [5.74, 6) is -1.55. The Morgan fingerprint density at radius 1 is 1.29 bits per heavy atom. The second-order valence-corrected chi connectivity index (χ2v) is 4.70. The standard InChI is InChI=1S/C14H13F3N2O2/c1-9(13(20)21)11-4-2-10(3-5-11)8-19-7-6-12(18-19)14(15,16)17/h2-7,9H,8H2,1H3,(H,20,21). The maximum absolute atomic E-state index is 12.4. The van der Waals surface area contributed by atoms with Gasteiger partial charge in [-0.3, -0.25) is 9.48 Å². The number of hydrogen-bond donors (Lipinski definition) is 1. The van der Waals surface area contributed by atoms with E-state index < -0.39 is 23.8 Å². The number of benzene rings is 1. The van der Waals surface area contributed by atoms with Crippen molar-refractivity contribution in [2.75, 3.05) is 0 Å². The molecule has 2 aromatic rings. The SMILES string of the molecule is CC(C(=O)O)c1ccc(Cn2ccc(C(F)(F)F)n2)cc1. The highest BCUT2D eigenvalue weighted by Crippen LogP contribution is 2.27. The zero-order valence-corrected chi connectivity index (χ0v) is 11.1. The predicted octanol–water partition coefficient (Wildman–Crippen LogP) is 3.14. The minimum absolute atomic E-state index is 0.192. The Balaban J connectivity index is 2.10. The van der Waals surface area contributed by atoms with E-state index in [0.717, 1.165) is 11.6 Å². The smallest absolute Gasteiger partial charge is 0.435 e. The molecular formula is C14H13F3N2O2. The van der Waals surface area contributed by atoms with Gasteiger partial charge in [-0.2, -0.15) is 18.3 Å². The van der Waals surface area contributed by atoms with Crippen molar-refractivity contribution in [3.63, 3.8) is 0 Å². The molecule has 1 heterocycles. The summed E-state index contributed by atoms with van der Waals surface area (Å²) in [5, 5.41) is 12.4. The van der Waals surface area contributed by atoms with Gasteiger partial charge in [0.2, 0.25) is 0 Å². The zero-order chi connectivity index (χ0) is 15.6. The summed E-state index contributed by atoms with van der Waals surface area (Å²) >= 11 is 0. The van der Waals surface area contributed by atoms with Crippen molar-refractivity contribution >= 4 is 5.97 Å². The van der Waals surface area contributed by atoms with Gasteiger partial charge in [-0.05, 0) is 24.1 Å². The number of aromatic nitrogens is 2. The molecule has 1 unspecified atom stereocenters. The summed E-state index contributed by atoms with van der Waals surface area (Å²) in [5.41, 5.74) is 0.453. The number of halogens is 3. The quantitative estimate of drug-likeness (QED) is 0.943. The van der Waals surface area contributed by atoms with Gasteiger partial charge in [-0.25, -0.2) is 0 Å². The van der Waals surface area contributed by atoms with Crippen LogP contribution in [0.5, 0.6) is 0 Å². The molecule has 0 fully saturated rings. The van der Waals surface area contributed by atoms with Crippen LogP contribution in [-0.4, -0.2) is 20.9 Å².